The number of aryl methyl sites for hydroxylation is 2. The molecule has 0 aliphatic rings. The summed E-state index contributed by atoms with van der Waals surface area (Å²) in [5, 5.41) is 0. The lowest BCUT2D eigenvalue weighted by atomic mass is 10.1. The molecule has 16 heavy (non-hydrogen) atoms. The van der Waals surface area contributed by atoms with Crippen molar-refractivity contribution in [1.82, 2.24) is 4.72 Å². The van der Waals surface area contributed by atoms with E-state index in [-0.39, 0.29) is 4.90 Å². The molecule has 0 unspecified atom stereocenters. The molecule has 88 valence electrons. The van der Waals surface area contributed by atoms with Gasteiger partial charge in [0.1, 0.15) is 0 Å². The predicted molar refractivity (Wildman–Crippen MR) is 60.3 cm³/mol. The Balaban J connectivity index is 2.99. The molecule has 1 aromatic carbocycles. The van der Waals surface area contributed by atoms with E-state index in [1.807, 2.05) is 13.8 Å². The lowest BCUT2D eigenvalue weighted by molar-refractivity contribution is -0.116. The second kappa shape index (κ2) is 4.63. The Labute approximate surface area is 94.7 Å². The minimum Gasteiger partial charge on any atom is -0.369 e. The van der Waals surface area contributed by atoms with Crippen molar-refractivity contribution in [2.45, 2.75) is 18.7 Å². The van der Waals surface area contributed by atoms with Crippen molar-refractivity contribution in [3.05, 3.63) is 29.3 Å². The number of carbonyl (C=O) groups is 1. The summed E-state index contributed by atoms with van der Waals surface area (Å²) in [6, 6.07) is 4.76. The van der Waals surface area contributed by atoms with Gasteiger partial charge in [0.05, 0.1) is 11.4 Å². The zero-order chi connectivity index (χ0) is 12.3. The Kier molecular flexibility index (Phi) is 3.66. The lowest BCUT2D eigenvalue weighted by Crippen LogP contribution is -2.33. The zero-order valence-corrected chi connectivity index (χ0v) is 9.97. The molecule has 1 rings (SSSR count). The highest BCUT2D eigenvalue weighted by Crippen LogP contribution is 2.14. The van der Waals surface area contributed by atoms with Crippen LogP contribution in [0.15, 0.2) is 23.1 Å². The van der Waals surface area contributed by atoms with E-state index in [9.17, 15) is 13.2 Å². The van der Waals surface area contributed by atoms with Crippen LogP contribution in [-0.2, 0) is 14.8 Å². The molecule has 0 saturated heterocycles. The Morgan fingerprint density at radius 1 is 1.31 bits per heavy atom. The Morgan fingerprint density at radius 2 is 1.94 bits per heavy atom. The van der Waals surface area contributed by atoms with Gasteiger partial charge in [-0.05, 0) is 37.1 Å². The number of hydrogen-bond acceptors (Lipinski definition) is 3. The maximum atomic E-state index is 11.7. The Hall–Kier alpha value is -1.40. The molecule has 1 aromatic rings. The van der Waals surface area contributed by atoms with Crippen molar-refractivity contribution in [3.8, 4) is 0 Å². The monoisotopic (exact) mass is 242 g/mol. The summed E-state index contributed by atoms with van der Waals surface area (Å²) in [6.45, 7) is 3.32. The van der Waals surface area contributed by atoms with E-state index in [0.29, 0.717) is 0 Å². The number of rotatable bonds is 4. The van der Waals surface area contributed by atoms with Crippen molar-refractivity contribution in [2.24, 2.45) is 5.73 Å². The molecule has 0 aliphatic heterocycles. The number of primary amides is 1. The SMILES string of the molecule is Cc1ccc(S(=O)(=O)NCC(N)=O)cc1C. The van der Waals surface area contributed by atoms with E-state index in [2.05, 4.69) is 4.72 Å². The molecule has 0 fully saturated rings. The second-order valence-corrected chi connectivity index (χ2v) is 5.30. The molecule has 0 radical (unpaired) electrons. The van der Waals surface area contributed by atoms with Gasteiger partial charge in [0, 0.05) is 0 Å². The highest BCUT2D eigenvalue weighted by Gasteiger charge is 2.14. The molecule has 0 aromatic heterocycles. The standard InChI is InChI=1S/C10H14N2O3S/c1-7-3-4-9(5-8(7)2)16(14,15)12-6-10(11)13/h3-5,12H,6H2,1-2H3,(H2,11,13). The number of sulfonamides is 1. The van der Waals surface area contributed by atoms with Crippen LogP contribution < -0.4 is 10.5 Å². The van der Waals surface area contributed by atoms with Gasteiger partial charge in [-0.15, -0.1) is 0 Å². The largest absolute Gasteiger partial charge is 0.369 e. The fourth-order valence-corrected chi connectivity index (χ4v) is 2.21. The minimum atomic E-state index is -3.65. The van der Waals surface area contributed by atoms with Gasteiger partial charge >= 0.3 is 0 Å². The van der Waals surface area contributed by atoms with E-state index >= 15 is 0 Å². The second-order valence-electron chi connectivity index (χ2n) is 3.54. The fourth-order valence-electron chi connectivity index (χ4n) is 1.13. The molecule has 0 aliphatic carbocycles. The van der Waals surface area contributed by atoms with Crippen LogP contribution in [0.4, 0.5) is 0 Å². The summed E-state index contributed by atoms with van der Waals surface area (Å²) < 4.78 is 25.5. The molecule has 5 nitrogen and oxygen atoms in total. The third-order valence-corrected chi connectivity index (χ3v) is 3.62. The molecule has 0 bridgehead atoms. The highest BCUT2D eigenvalue weighted by molar-refractivity contribution is 7.89. The number of benzene rings is 1. The van der Waals surface area contributed by atoms with Gasteiger partial charge in [-0.2, -0.15) is 0 Å². The summed E-state index contributed by atoms with van der Waals surface area (Å²) in [6.07, 6.45) is 0. The predicted octanol–water partition coefficient (Wildman–Crippen LogP) is 0.0670. The first-order valence-corrected chi connectivity index (χ1v) is 6.16. The topological polar surface area (TPSA) is 89.3 Å². The van der Waals surface area contributed by atoms with Crippen LogP contribution in [0.5, 0.6) is 0 Å². The summed E-state index contributed by atoms with van der Waals surface area (Å²) >= 11 is 0. The summed E-state index contributed by atoms with van der Waals surface area (Å²) in [5.74, 6) is -0.715. The zero-order valence-electron chi connectivity index (χ0n) is 9.15. The molecule has 0 spiro atoms. The molecular weight excluding hydrogens is 228 g/mol. The molecule has 3 N–H and O–H groups in total. The molecule has 6 heteroatoms. The van der Waals surface area contributed by atoms with Crippen LogP contribution >= 0.6 is 0 Å². The van der Waals surface area contributed by atoms with Crippen molar-refractivity contribution < 1.29 is 13.2 Å². The van der Waals surface area contributed by atoms with Gasteiger partial charge in [0.15, 0.2) is 0 Å². The van der Waals surface area contributed by atoms with E-state index in [1.165, 1.54) is 6.07 Å². The van der Waals surface area contributed by atoms with Crippen molar-refractivity contribution in [1.29, 1.82) is 0 Å². The molecule has 0 saturated carbocycles. The van der Waals surface area contributed by atoms with E-state index < -0.39 is 22.5 Å². The maximum Gasteiger partial charge on any atom is 0.241 e. The third-order valence-electron chi connectivity index (χ3n) is 2.23. The molecule has 1 amide bonds. The smallest absolute Gasteiger partial charge is 0.241 e. The van der Waals surface area contributed by atoms with Gasteiger partial charge in [-0.3, -0.25) is 4.79 Å². The molecular formula is C10H14N2O3S. The first-order valence-electron chi connectivity index (χ1n) is 4.68. The van der Waals surface area contributed by atoms with Gasteiger partial charge in [-0.25, -0.2) is 13.1 Å². The quantitative estimate of drug-likeness (QED) is 0.782. The average Bonchev–Trinajstić information content (AvgIpc) is 2.19. The van der Waals surface area contributed by atoms with Crippen molar-refractivity contribution >= 4 is 15.9 Å². The van der Waals surface area contributed by atoms with Gasteiger partial charge in [0.25, 0.3) is 0 Å². The van der Waals surface area contributed by atoms with Gasteiger partial charge in [-0.1, -0.05) is 6.07 Å². The number of amides is 1. The summed E-state index contributed by atoms with van der Waals surface area (Å²) in [5.41, 5.74) is 6.75. The van der Waals surface area contributed by atoms with E-state index in [4.69, 9.17) is 5.73 Å². The van der Waals surface area contributed by atoms with Crippen LogP contribution in [0.3, 0.4) is 0 Å². The van der Waals surface area contributed by atoms with E-state index in [0.717, 1.165) is 11.1 Å². The number of nitrogens with one attached hydrogen (secondary N) is 1. The molecule has 0 atom stereocenters. The lowest BCUT2D eigenvalue weighted by Gasteiger charge is -2.07. The maximum absolute atomic E-state index is 11.7. The van der Waals surface area contributed by atoms with Crippen molar-refractivity contribution in [2.75, 3.05) is 6.54 Å². The Morgan fingerprint density at radius 3 is 2.44 bits per heavy atom. The number of hydrogen-bond donors (Lipinski definition) is 2. The average molecular weight is 242 g/mol. The highest BCUT2D eigenvalue weighted by atomic mass is 32.2. The first kappa shape index (κ1) is 12.7. The first-order chi connectivity index (χ1) is 7.33. The van der Waals surface area contributed by atoms with E-state index in [1.54, 1.807) is 12.1 Å². The van der Waals surface area contributed by atoms with Crippen LogP contribution in [0.25, 0.3) is 0 Å². The number of carbonyl (C=O) groups excluding carboxylic acids is 1. The van der Waals surface area contributed by atoms with Crippen LogP contribution in [0.1, 0.15) is 11.1 Å². The van der Waals surface area contributed by atoms with Gasteiger partial charge in [0.2, 0.25) is 15.9 Å². The molecule has 0 heterocycles. The fraction of sp³-hybridized carbons (Fsp3) is 0.300. The Bertz CT molecular complexity index is 509. The third kappa shape index (κ3) is 3.04. The summed E-state index contributed by atoms with van der Waals surface area (Å²) in [4.78, 5) is 10.6. The van der Waals surface area contributed by atoms with Crippen LogP contribution in [-0.4, -0.2) is 20.9 Å². The van der Waals surface area contributed by atoms with Gasteiger partial charge < -0.3 is 5.73 Å². The van der Waals surface area contributed by atoms with Crippen molar-refractivity contribution in [3.63, 3.8) is 0 Å². The van der Waals surface area contributed by atoms with Crippen LogP contribution in [0.2, 0.25) is 0 Å². The minimum absolute atomic E-state index is 0.136. The normalized spacial score (nSPS) is 11.4. The number of nitrogens with two attached hydrogens (primary N) is 1. The van der Waals surface area contributed by atoms with Crippen LogP contribution in [0, 0.1) is 13.8 Å². The summed E-state index contributed by atoms with van der Waals surface area (Å²) in [7, 11) is -3.65.